The molecule has 3 aromatic rings. The fourth-order valence-corrected chi connectivity index (χ4v) is 2.97. The van der Waals surface area contributed by atoms with Crippen molar-refractivity contribution in [2.24, 2.45) is 5.16 Å². The largest absolute Gasteiger partial charge is 0.411 e. The number of pyridine rings is 1. The molecular weight excluding hydrogens is 272 g/mol. The third-order valence-electron chi connectivity index (χ3n) is 4.10. The van der Waals surface area contributed by atoms with Gasteiger partial charge in [-0.15, -0.1) is 0 Å². The summed E-state index contributed by atoms with van der Waals surface area (Å²) in [5, 5.41) is 14.4. The summed E-state index contributed by atoms with van der Waals surface area (Å²) >= 11 is 0. The lowest BCUT2D eigenvalue weighted by molar-refractivity contribution is -0.670. The van der Waals surface area contributed by atoms with Crippen molar-refractivity contribution in [1.29, 1.82) is 0 Å². The van der Waals surface area contributed by atoms with Gasteiger partial charge in [0.25, 0.3) is 0 Å². The highest BCUT2D eigenvalue weighted by molar-refractivity contribution is 5.93. The van der Waals surface area contributed by atoms with Crippen LogP contribution in [0, 0.1) is 13.8 Å². The molecule has 0 aliphatic heterocycles. The van der Waals surface area contributed by atoms with E-state index in [1.54, 1.807) is 0 Å². The van der Waals surface area contributed by atoms with Crippen LogP contribution in [0.25, 0.3) is 22.0 Å². The molecule has 22 heavy (non-hydrogen) atoms. The van der Waals surface area contributed by atoms with Crippen molar-refractivity contribution in [2.45, 2.75) is 20.4 Å². The van der Waals surface area contributed by atoms with Gasteiger partial charge in [-0.25, -0.2) is 0 Å². The molecular formula is C19H19N2O+. The Labute approximate surface area is 130 Å². The fourth-order valence-electron chi connectivity index (χ4n) is 2.97. The first-order valence-electron chi connectivity index (χ1n) is 7.36. The highest BCUT2D eigenvalue weighted by Gasteiger charge is 2.16. The molecule has 1 N–H and O–H groups in total. The summed E-state index contributed by atoms with van der Waals surface area (Å²) in [4.78, 5) is 0. The Balaban J connectivity index is 2.25. The minimum atomic E-state index is 0.540. The van der Waals surface area contributed by atoms with E-state index in [1.807, 2.05) is 18.3 Å². The van der Waals surface area contributed by atoms with E-state index in [2.05, 4.69) is 60.0 Å². The van der Waals surface area contributed by atoms with Gasteiger partial charge in [-0.1, -0.05) is 29.4 Å². The maximum absolute atomic E-state index is 8.69. The molecule has 1 heterocycles. The lowest BCUT2D eigenvalue weighted by atomic mass is 9.94. The molecule has 0 fully saturated rings. The zero-order chi connectivity index (χ0) is 15.5. The number of oxime groups is 1. The summed E-state index contributed by atoms with van der Waals surface area (Å²) in [7, 11) is 0. The summed E-state index contributed by atoms with van der Waals surface area (Å²) in [5.74, 6) is 0. The van der Waals surface area contributed by atoms with Gasteiger partial charge in [-0.05, 0) is 47.9 Å². The lowest BCUT2D eigenvalue weighted by Gasteiger charge is -2.11. The monoisotopic (exact) mass is 291 g/mol. The Morgan fingerprint density at radius 3 is 2.55 bits per heavy atom. The van der Waals surface area contributed by atoms with Gasteiger partial charge in [0.15, 0.2) is 12.7 Å². The van der Waals surface area contributed by atoms with Gasteiger partial charge in [0.05, 0.1) is 0 Å². The summed E-state index contributed by atoms with van der Waals surface area (Å²) in [6.07, 6.45) is 3.49. The van der Waals surface area contributed by atoms with Gasteiger partial charge >= 0.3 is 0 Å². The van der Waals surface area contributed by atoms with E-state index in [1.165, 1.54) is 33.7 Å². The van der Waals surface area contributed by atoms with Gasteiger partial charge in [0.1, 0.15) is 6.21 Å². The maximum atomic E-state index is 8.69. The van der Waals surface area contributed by atoms with Crippen LogP contribution in [-0.2, 0) is 6.54 Å². The Hall–Kier alpha value is -2.68. The maximum Gasteiger partial charge on any atom is 0.213 e. The lowest BCUT2D eigenvalue weighted by Crippen LogP contribution is -2.36. The number of fused-ring (bicyclic) bond motifs is 1. The average molecular weight is 291 g/mol. The van der Waals surface area contributed by atoms with Gasteiger partial charge in [-0.3, -0.25) is 0 Å². The number of hydrogen-bond donors (Lipinski definition) is 1. The minimum absolute atomic E-state index is 0.540. The van der Waals surface area contributed by atoms with Gasteiger partial charge in [0, 0.05) is 17.7 Å². The quantitative estimate of drug-likeness (QED) is 0.338. The van der Waals surface area contributed by atoms with E-state index in [0.29, 0.717) is 6.54 Å². The Bertz CT molecular complexity index is 853. The van der Waals surface area contributed by atoms with Crippen LogP contribution in [0.5, 0.6) is 0 Å². The SMILES string of the molecule is Cc1cc(-c2cccc[n+]2C/C=N/O)c(C)c2ccccc12. The fraction of sp³-hybridized carbons (Fsp3) is 0.158. The minimum Gasteiger partial charge on any atom is -0.411 e. The molecule has 0 spiro atoms. The molecule has 0 atom stereocenters. The van der Waals surface area contributed by atoms with Crippen LogP contribution in [0.15, 0.2) is 59.9 Å². The topological polar surface area (TPSA) is 36.5 Å². The summed E-state index contributed by atoms with van der Waals surface area (Å²) < 4.78 is 2.08. The second kappa shape index (κ2) is 5.98. The number of aryl methyl sites for hydroxylation is 2. The zero-order valence-electron chi connectivity index (χ0n) is 12.8. The van der Waals surface area contributed by atoms with Crippen LogP contribution in [0.2, 0.25) is 0 Å². The van der Waals surface area contributed by atoms with Gasteiger partial charge < -0.3 is 5.21 Å². The molecule has 0 radical (unpaired) electrons. The molecule has 1 aromatic heterocycles. The van der Waals surface area contributed by atoms with Crippen molar-refractivity contribution < 1.29 is 9.77 Å². The molecule has 0 aliphatic carbocycles. The number of hydrogen-bond acceptors (Lipinski definition) is 2. The average Bonchev–Trinajstić information content (AvgIpc) is 2.57. The predicted octanol–water partition coefficient (Wildman–Crippen LogP) is 3.87. The molecule has 0 saturated heterocycles. The van der Waals surface area contributed by atoms with E-state index in [-0.39, 0.29) is 0 Å². The van der Waals surface area contributed by atoms with Crippen molar-refractivity contribution in [2.75, 3.05) is 0 Å². The molecule has 0 unspecified atom stereocenters. The number of aromatic nitrogens is 1. The summed E-state index contributed by atoms with van der Waals surface area (Å²) in [5.41, 5.74) is 4.86. The first-order valence-corrected chi connectivity index (χ1v) is 7.36. The number of benzene rings is 2. The molecule has 0 amide bonds. The molecule has 3 rings (SSSR count). The molecule has 2 aromatic carbocycles. The van der Waals surface area contributed by atoms with Crippen molar-refractivity contribution in [3.05, 3.63) is 65.9 Å². The van der Waals surface area contributed by atoms with Crippen LogP contribution >= 0.6 is 0 Å². The predicted molar refractivity (Wildman–Crippen MR) is 89.3 cm³/mol. The molecule has 0 saturated carbocycles. The van der Waals surface area contributed by atoms with Crippen molar-refractivity contribution in [1.82, 2.24) is 0 Å². The van der Waals surface area contributed by atoms with E-state index < -0.39 is 0 Å². The van der Waals surface area contributed by atoms with Crippen molar-refractivity contribution in [3.8, 4) is 11.3 Å². The Morgan fingerprint density at radius 1 is 1.05 bits per heavy atom. The first-order chi connectivity index (χ1) is 10.7. The van der Waals surface area contributed by atoms with Crippen LogP contribution in [0.3, 0.4) is 0 Å². The standard InChI is InChI=1S/C19H18N2O/c1-14-13-18(15(2)17-8-4-3-7-16(14)17)19-9-5-6-11-21(19)12-10-20-22/h3-11,13H,12H2,1-2H3/p+1/b20-10+. The van der Waals surface area contributed by atoms with Gasteiger partial charge in [0.2, 0.25) is 5.69 Å². The number of nitrogens with zero attached hydrogens (tertiary/aromatic N) is 2. The molecule has 110 valence electrons. The van der Waals surface area contributed by atoms with Crippen LogP contribution < -0.4 is 4.57 Å². The van der Waals surface area contributed by atoms with Crippen LogP contribution in [-0.4, -0.2) is 11.4 Å². The Kier molecular flexibility index (Phi) is 3.88. The number of rotatable bonds is 3. The molecule has 3 heteroatoms. The van der Waals surface area contributed by atoms with Crippen molar-refractivity contribution >= 4 is 17.0 Å². The summed E-state index contributed by atoms with van der Waals surface area (Å²) in [6.45, 7) is 4.85. The first kappa shape index (κ1) is 14.3. The van der Waals surface area contributed by atoms with E-state index in [9.17, 15) is 0 Å². The van der Waals surface area contributed by atoms with Gasteiger partial charge in [-0.2, -0.15) is 4.57 Å². The van der Waals surface area contributed by atoms with Crippen molar-refractivity contribution in [3.63, 3.8) is 0 Å². The van der Waals surface area contributed by atoms with Crippen LogP contribution in [0.1, 0.15) is 11.1 Å². The van der Waals surface area contributed by atoms with E-state index in [0.717, 1.165) is 5.69 Å². The zero-order valence-corrected chi connectivity index (χ0v) is 12.8. The second-order valence-corrected chi connectivity index (χ2v) is 5.45. The smallest absolute Gasteiger partial charge is 0.213 e. The molecule has 3 nitrogen and oxygen atoms in total. The second-order valence-electron chi connectivity index (χ2n) is 5.45. The van der Waals surface area contributed by atoms with E-state index >= 15 is 0 Å². The third-order valence-corrected chi connectivity index (χ3v) is 4.10. The van der Waals surface area contributed by atoms with E-state index in [4.69, 9.17) is 5.21 Å². The molecule has 0 bridgehead atoms. The summed E-state index contributed by atoms with van der Waals surface area (Å²) in [6, 6.07) is 16.8. The highest BCUT2D eigenvalue weighted by atomic mass is 16.4. The van der Waals surface area contributed by atoms with Crippen LogP contribution in [0.4, 0.5) is 0 Å². The molecule has 0 aliphatic rings. The normalized spacial score (nSPS) is 11.4. The highest BCUT2D eigenvalue weighted by Crippen LogP contribution is 2.30. The third kappa shape index (κ3) is 2.46. The Morgan fingerprint density at radius 2 is 1.77 bits per heavy atom.